The van der Waals surface area contributed by atoms with E-state index in [4.69, 9.17) is 22.8 Å². The third-order valence-corrected chi connectivity index (χ3v) is 13.0. The first-order valence-corrected chi connectivity index (χ1v) is 23.9. The maximum Gasteiger partial charge on any atom is 0.148 e. The fraction of sp³-hybridized carbons (Fsp3) is 0.364. The van der Waals surface area contributed by atoms with Crippen molar-refractivity contribution in [2.75, 3.05) is 0 Å². The van der Waals surface area contributed by atoms with Crippen LogP contribution in [0.5, 0.6) is 5.75 Å². The molecule has 6 aromatic carbocycles. The van der Waals surface area contributed by atoms with Crippen LogP contribution in [0, 0.1) is 6.07 Å². The van der Waals surface area contributed by atoms with E-state index in [1.165, 1.54) is 5.56 Å². The number of nitrogens with zero attached hydrogens (tertiary/aromatic N) is 3. The predicted octanol–water partition coefficient (Wildman–Crippen LogP) is 18.0. The zero-order valence-corrected chi connectivity index (χ0v) is 46.0. The van der Waals surface area contributed by atoms with Crippen molar-refractivity contribution in [3.8, 4) is 67.5 Å². The summed E-state index contributed by atoms with van der Waals surface area (Å²) in [5.41, 5.74) is 1.34. The normalized spacial score (nSPS) is 16.7. The number of para-hydroxylation sites is 1. The monoisotopic (exact) mass is 1140 g/mol. The van der Waals surface area contributed by atoms with E-state index in [0.717, 1.165) is 33.5 Å². The van der Waals surface area contributed by atoms with Crippen LogP contribution in [0.1, 0.15) is 180 Å². The molecule has 0 aliphatic carbocycles. The molecule has 8 rings (SSSR count). The second-order valence-corrected chi connectivity index (χ2v) is 23.8. The molecular weight excluding hydrogens is 1050 g/mol. The van der Waals surface area contributed by atoms with Crippen molar-refractivity contribution in [1.29, 1.82) is 0 Å². The summed E-state index contributed by atoms with van der Waals surface area (Å²) in [6.45, 7) is 19.7. The summed E-state index contributed by atoms with van der Waals surface area (Å²) in [5, 5.41) is 12.8. The van der Waals surface area contributed by atoms with Gasteiger partial charge in [-0.05, 0) is 95.7 Å². The smallest absolute Gasteiger partial charge is 0.148 e. The molecule has 0 fully saturated rings. The number of benzene rings is 6. The van der Waals surface area contributed by atoms with Crippen LogP contribution >= 0.6 is 0 Å². The Bertz CT molecular complexity index is 3940. The largest absolute Gasteiger partial charge is 0.507 e. The molecule has 0 spiro atoms. The van der Waals surface area contributed by atoms with Crippen LogP contribution < -0.4 is 0 Å². The van der Waals surface area contributed by atoms with Gasteiger partial charge in [0.2, 0.25) is 0 Å². The van der Waals surface area contributed by atoms with E-state index < -0.39 is 95.9 Å². The average molecular weight is 1140 g/mol. The Morgan fingerprint density at radius 1 is 0.521 bits per heavy atom. The van der Waals surface area contributed by atoms with Crippen molar-refractivity contribution in [1.82, 2.24) is 14.5 Å². The summed E-state index contributed by atoms with van der Waals surface area (Å²) in [5.74, 6) is 0.531. The van der Waals surface area contributed by atoms with Gasteiger partial charge in [0.05, 0.1) is 31.9 Å². The number of hydrogen-bond acceptors (Lipinski definition) is 3. The van der Waals surface area contributed by atoms with Crippen molar-refractivity contribution in [3.05, 3.63) is 167 Å². The second-order valence-electron chi connectivity index (χ2n) is 23.8. The molecule has 8 aromatic rings. The summed E-state index contributed by atoms with van der Waals surface area (Å²) in [6.07, 6.45) is -0.747. The van der Waals surface area contributed by atoms with Crippen LogP contribution in [0.4, 0.5) is 0 Å². The first-order chi connectivity index (χ1) is 39.1. The molecule has 0 bridgehead atoms. The molecule has 2 aromatic heterocycles. The predicted molar refractivity (Wildman–Crippen MR) is 299 cm³/mol. The molecule has 372 valence electrons. The number of phenolic OH excluding ortho intramolecular Hbond substituents is 1. The van der Waals surface area contributed by atoms with Gasteiger partial charge in [0, 0.05) is 56.4 Å². The molecule has 0 amide bonds. The van der Waals surface area contributed by atoms with Gasteiger partial charge in [-0.25, -0.2) is 4.98 Å². The molecule has 0 saturated heterocycles. The first-order valence-electron chi connectivity index (χ1n) is 31.9. The third kappa shape index (κ3) is 11.0. The minimum absolute atomic E-state index is 0. The number of fused-ring (bicyclic) bond motifs is 1. The number of pyridine rings is 1. The Labute approximate surface area is 463 Å². The van der Waals surface area contributed by atoms with Crippen LogP contribution in [-0.2, 0) is 53.6 Å². The zero-order chi connectivity index (χ0) is 64.7. The van der Waals surface area contributed by atoms with Crippen molar-refractivity contribution < 1.29 is 48.1 Å². The van der Waals surface area contributed by atoms with Gasteiger partial charge in [-0.15, -0.1) is 29.3 Å². The van der Waals surface area contributed by atoms with Crippen LogP contribution in [0.3, 0.4) is 0 Å². The minimum atomic E-state index is -3.93. The van der Waals surface area contributed by atoms with Crippen LogP contribution in [0.15, 0.2) is 127 Å². The molecule has 1 N–H and O–H groups in total. The Balaban J connectivity index is 0.0000108. The molecule has 4 nitrogen and oxygen atoms in total. The molecule has 71 heavy (non-hydrogen) atoms. The van der Waals surface area contributed by atoms with Gasteiger partial charge in [-0.1, -0.05) is 220 Å². The Hall–Kier alpha value is -5.57. The van der Waals surface area contributed by atoms with E-state index in [9.17, 15) is 9.22 Å². The van der Waals surface area contributed by atoms with Crippen LogP contribution in [0.2, 0.25) is 0 Å². The van der Waals surface area contributed by atoms with E-state index in [-0.39, 0.29) is 54.3 Å². The Kier molecular flexibility index (Phi) is 9.41. The first kappa shape index (κ1) is 35.5. The summed E-state index contributed by atoms with van der Waals surface area (Å²) >= 11 is 0. The summed E-state index contributed by atoms with van der Waals surface area (Å²) in [7, 11) is 0. The molecule has 0 aliphatic heterocycles. The molecule has 5 heteroatoms. The summed E-state index contributed by atoms with van der Waals surface area (Å²) < 4.78 is 141. The molecule has 0 atom stereocenters. The average Bonchev–Trinajstić information content (AvgIpc) is 0.981. The number of aromatic nitrogens is 3. The van der Waals surface area contributed by atoms with Gasteiger partial charge in [-0.2, -0.15) is 0 Å². The van der Waals surface area contributed by atoms with Crippen molar-refractivity contribution in [2.45, 2.75) is 157 Å². The Morgan fingerprint density at radius 2 is 1.11 bits per heavy atom. The number of phenols is 1. The topological polar surface area (TPSA) is 50.9 Å². The summed E-state index contributed by atoms with van der Waals surface area (Å²) in [6, 6.07) is 25.7. The number of imidazole rings is 1. The van der Waals surface area contributed by atoms with Crippen molar-refractivity contribution in [2.24, 2.45) is 0 Å². The molecule has 0 unspecified atom stereocenters. The van der Waals surface area contributed by atoms with Gasteiger partial charge >= 0.3 is 0 Å². The van der Waals surface area contributed by atoms with Gasteiger partial charge in [0.1, 0.15) is 11.6 Å². The van der Waals surface area contributed by atoms with E-state index in [1.54, 1.807) is 6.07 Å². The van der Waals surface area contributed by atoms with Gasteiger partial charge in [0.25, 0.3) is 0 Å². The van der Waals surface area contributed by atoms with Gasteiger partial charge in [-0.3, -0.25) is 9.55 Å². The number of rotatable bonds is 6. The van der Waals surface area contributed by atoms with E-state index in [2.05, 4.69) is 147 Å². The number of aromatic hydroxyl groups is 1. The second kappa shape index (κ2) is 18.8. The quantitative estimate of drug-likeness (QED) is 0.169. The van der Waals surface area contributed by atoms with Gasteiger partial charge in [0.15, 0.2) is 0 Å². The van der Waals surface area contributed by atoms with E-state index >= 15 is 0 Å². The standard InChI is InChI=1S/C66H76N3O.Pt/c1-61(2,3)46-26-22-41(23-27-46)43-32-33-67-55(37-43)45-34-44(35-49(36-45)64(10,11)12)52-20-19-21-56-58(52)68-60(53-38-50(65(13,14)15)39-54(59(53)70)66(16,17)18)69(56)57-40-48(63(7,8)9)30-31-51(57)42-24-28-47(29-25-42)62(4,5)6;/h19-33,35-40,70H,1-18H3;/q-1;/i1D3,2D3,3D3,22D,23D,26D,27D,32D,33D,37D;. The fourth-order valence-corrected chi connectivity index (χ4v) is 8.60. The summed E-state index contributed by atoms with van der Waals surface area (Å²) in [4.78, 5) is 10.0. The molecular formula is C66H76N3OPt-. The third-order valence-electron chi connectivity index (χ3n) is 13.0. The van der Waals surface area contributed by atoms with E-state index in [0.29, 0.717) is 39.1 Å². The maximum atomic E-state index is 12.8. The zero-order valence-electron chi connectivity index (χ0n) is 59.7. The van der Waals surface area contributed by atoms with Crippen molar-refractivity contribution in [3.63, 3.8) is 0 Å². The molecule has 0 saturated carbocycles. The SMILES string of the molecule is [2H]c1nc(-c2[c-]c(-c3cccc4c3nc(-c3cc(C(C)(C)C)cc(C(C)(C)C)c3O)n4-c3cc(C(C)(C)C)ccc3-c3ccc(C(C)(C)C)cc3)cc(C(C)(C)C)c2)c([2H])c(-c2c([2H])c([2H])c(C(C([2H])([2H])[2H])(C([2H])([2H])[2H])C([2H])([2H])[2H])c([2H])c2[2H])c1[2H].[Pt]. The minimum Gasteiger partial charge on any atom is -0.507 e. The fourth-order valence-electron chi connectivity index (χ4n) is 8.60. The van der Waals surface area contributed by atoms with Crippen LogP contribution in [-0.4, -0.2) is 19.6 Å². The number of hydrogen-bond donors (Lipinski definition) is 1. The Morgan fingerprint density at radius 3 is 1.70 bits per heavy atom. The molecule has 2 heterocycles. The van der Waals surface area contributed by atoms with Gasteiger partial charge < -0.3 is 5.11 Å². The van der Waals surface area contributed by atoms with Crippen molar-refractivity contribution >= 4 is 11.0 Å². The van der Waals surface area contributed by atoms with Crippen LogP contribution in [0.25, 0.3) is 72.7 Å². The maximum absolute atomic E-state index is 12.8. The molecule has 0 radical (unpaired) electrons. The molecule has 0 aliphatic rings. The van der Waals surface area contributed by atoms with E-state index in [1.807, 2.05) is 51.1 Å².